The summed E-state index contributed by atoms with van der Waals surface area (Å²) in [6.07, 6.45) is 3.86. The number of rotatable bonds is 18. The van der Waals surface area contributed by atoms with Gasteiger partial charge in [0.15, 0.2) is 0 Å². The van der Waals surface area contributed by atoms with Crippen LogP contribution in [0.5, 0.6) is 5.75 Å². The molecule has 4 atom stereocenters. The van der Waals surface area contributed by atoms with E-state index in [4.69, 9.17) is 20.9 Å². The third-order valence-corrected chi connectivity index (χ3v) is 8.01. The summed E-state index contributed by atoms with van der Waals surface area (Å²) in [4.78, 5) is 12.7. The lowest BCUT2D eigenvalue weighted by molar-refractivity contribution is -0.131. The first-order valence-corrected chi connectivity index (χ1v) is 14.6. The lowest BCUT2D eigenvalue weighted by Crippen LogP contribution is -2.50. The number of aliphatic hydroxyl groups excluding tert-OH is 1. The quantitative estimate of drug-likeness (QED) is 0.202. The first kappa shape index (κ1) is 32.8. The molecule has 0 saturated heterocycles. The second kappa shape index (κ2) is 16.0. The van der Waals surface area contributed by atoms with Crippen LogP contribution in [0.3, 0.4) is 0 Å². The third kappa shape index (κ3) is 9.63. The van der Waals surface area contributed by atoms with E-state index < -0.39 is 17.6 Å². The molecular formula is C33H52N2O4. The molecule has 0 aromatic heterocycles. The predicted molar refractivity (Wildman–Crippen MR) is 160 cm³/mol. The van der Waals surface area contributed by atoms with E-state index >= 15 is 0 Å². The molecule has 0 spiro atoms. The van der Waals surface area contributed by atoms with Gasteiger partial charge in [0.25, 0.3) is 0 Å². The van der Waals surface area contributed by atoms with Crippen LogP contribution in [0.25, 0.3) is 11.1 Å². The molecule has 39 heavy (non-hydrogen) atoms. The molecule has 0 bridgehead atoms. The van der Waals surface area contributed by atoms with E-state index in [1.54, 1.807) is 7.11 Å². The van der Waals surface area contributed by atoms with Gasteiger partial charge >= 0.3 is 0 Å². The summed E-state index contributed by atoms with van der Waals surface area (Å²) in [7, 11) is 1.68. The monoisotopic (exact) mass is 540 g/mol. The van der Waals surface area contributed by atoms with Crippen LogP contribution in [0, 0.1) is 23.2 Å². The number of amides is 1. The number of methoxy groups -OCH3 is 1. The van der Waals surface area contributed by atoms with Gasteiger partial charge in [-0.15, -0.1) is 0 Å². The fourth-order valence-corrected chi connectivity index (χ4v) is 5.49. The van der Waals surface area contributed by atoms with Crippen LogP contribution in [0.15, 0.2) is 48.5 Å². The van der Waals surface area contributed by atoms with Crippen molar-refractivity contribution in [3.8, 4) is 16.9 Å². The molecule has 1 amide bonds. The van der Waals surface area contributed by atoms with Gasteiger partial charge in [0, 0.05) is 31.6 Å². The third-order valence-electron chi connectivity index (χ3n) is 8.01. The summed E-state index contributed by atoms with van der Waals surface area (Å²) < 4.78 is 11.2. The van der Waals surface area contributed by atoms with Crippen molar-refractivity contribution in [1.29, 1.82) is 0 Å². The SMILES string of the molecule is CCCC(C(Cc1cc(OCCCOC)ccc1-c1ccccc1)C(O)C(N)CCC(C)C)C(C)(C)C(N)=O. The number of hydrogen-bond acceptors (Lipinski definition) is 5. The molecule has 2 rings (SSSR count). The summed E-state index contributed by atoms with van der Waals surface area (Å²) >= 11 is 0. The second-order valence-electron chi connectivity index (χ2n) is 11.9. The van der Waals surface area contributed by atoms with E-state index in [2.05, 4.69) is 45.0 Å². The van der Waals surface area contributed by atoms with Gasteiger partial charge in [0.1, 0.15) is 5.75 Å². The Kier molecular flexibility index (Phi) is 13.5. The molecule has 0 heterocycles. The van der Waals surface area contributed by atoms with E-state index in [-0.39, 0.29) is 17.7 Å². The van der Waals surface area contributed by atoms with Crippen molar-refractivity contribution >= 4 is 5.91 Å². The molecule has 4 unspecified atom stereocenters. The van der Waals surface area contributed by atoms with Gasteiger partial charge in [0.05, 0.1) is 12.7 Å². The highest BCUT2D eigenvalue weighted by atomic mass is 16.5. The standard InChI is InChI=1S/C33H52N2O4/c1-7-12-29(33(4,5)32(35)37)28(31(36)30(34)18-15-23(2)3)22-25-21-26(39-20-11-19-38-6)16-17-27(25)24-13-9-8-10-14-24/h8-10,13-14,16-17,21,23,28-31,36H,7,11-12,15,18-20,22,34H2,1-6H3,(H2,35,37). The molecule has 0 aliphatic carbocycles. The van der Waals surface area contributed by atoms with Crippen LogP contribution in [0.1, 0.15) is 72.3 Å². The van der Waals surface area contributed by atoms with Crippen LogP contribution in [-0.4, -0.2) is 43.5 Å². The molecule has 0 fully saturated rings. The molecule has 2 aromatic carbocycles. The summed E-state index contributed by atoms with van der Waals surface area (Å²) in [5.74, 6) is 0.509. The Bertz CT molecular complexity index is 992. The van der Waals surface area contributed by atoms with Gasteiger partial charge in [-0.1, -0.05) is 77.4 Å². The van der Waals surface area contributed by atoms with Crippen LogP contribution in [0.2, 0.25) is 0 Å². The highest BCUT2D eigenvalue weighted by Crippen LogP contribution is 2.42. The zero-order valence-electron chi connectivity index (χ0n) is 25.0. The van der Waals surface area contributed by atoms with Crippen LogP contribution < -0.4 is 16.2 Å². The van der Waals surface area contributed by atoms with Gasteiger partial charge in [-0.2, -0.15) is 0 Å². The summed E-state index contributed by atoms with van der Waals surface area (Å²) in [6, 6.07) is 16.0. The van der Waals surface area contributed by atoms with Gasteiger partial charge in [-0.05, 0) is 72.3 Å². The molecule has 6 heteroatoms. The fraction of sp³-hybridized carbons (Fsp3) is 0.606. The zero-order chi connectivity index (χ0) is 29.0. The topological polar surface area (TPSA) is 108 Å². The molecular weight excluding hydrogens is 488 g/mol. The van der Waals surface area contributed by atoms with Crippen molar-refractivity contribution in [2.75, 3.05) is 20.3 Å². The first-order chi connectivity index (χ1) is 18.5. The van der Waals surface area contributed by atoms with Crippen molar-refractivity contribution in [2.45, 2.75) is 85.3 Å². The molecule has 0 aliphatic rings. The molecule has 6 nitrogen and oxygen atoms in total. The van der Waals surface area contributed by atoms with Gasteiger partial charge in [0.2, 0.25) is 5.91 Å². The lowest BCUT2D eigenvalue weighted by atomic mass is 9.64. The minimum atomic E-state index is -0.805. The number of carbonyl (C=O) groups excluding carboxylic acids is 1. The number of aliphatic hydroxyl groups is 1. The number of benzene rings is 2. The van der Waals surface area contributed by atoms with Crippen molar-refractivity contribution in [1.82, 2.24) is 0 Å². The maximum absolute atomic E-state index is 12.7. The second-order valence-corrected chi connectivity index (χ2v) is 11.9. The lowest BCUT2D eigenvalue weighted by Gasteiger charge is -2.41. The van der Waals surface area contributed by atoms with E-state index in [1.165, 1.54) is 0 Å². The average Bonchev–Trinajstić information content (AvgIpc) is 2.91. The molecule has 5 N–H and O–H groups in total. The molecule has 0 saturated carbocycles. The Labute approximate surface area is 236 Å². The van der Waals surface area contributed by atoms with Crippen LogP contribution in [0.4, 0.5) is 0 Å². The predicted octanol–water partition coefficient (Wildman–Crippen LogP) is 5.98. The highest BCUT2D eigenvalue weighted by molar-refractivity contribution is 5.80. The maximum atomic E-state index is 12.7. The van der Waals surface area contributed by atoms with Crippen LogP contribution in [-0.2, 0) is 16.0 Å². The summed E-state index contributed by atoms with van der Waals surface area (Å²) in [5.41, 5.74) is 15.0. The number of nitrogens with two attached hydrogens (primary N) is 2. The van der Waals surface area contributed by atoms with E-state index in [0.29, 0.717) is 25.6 Å². The minimum absolute atomic E-state index is 0.144. The number of hydrogen-bond donors (Lipinski definition) is 3. The maximum Gasteiger partial charge on any atom is 0.223 e. The van der Waals surface area contributed by atoms with Crippen molar-refractivity contribution in [3.63, 3.8) is 0 Å². The molecule has 218 valence electrons. The van der Waals surface area contributed by atoms with Gasteiger partial charge in [-0.25, -0.2) is 0 Å². The van der Waals surface area contributed by atoms with E-state index in [1.807, 2.05) is 38.1 Å². The Balaban J connectivity index is 2.57. The van der Waals surface area contributed by atoms with Crippen molar-refractivity contribution in [2.24, 2.45) is 34.6 Å². The molecule has 0 aliphatic heterocycles. The Morgan fingerprint density at radius 2 is 1.72 bits per heavy atom. The first-order valence-electron chi connectivity index (χ1n) is 14.6. The van der Waals surface area contributed by atoms with Crippen molar-refractivity contribution in [3.05, 3.63) is 54.1 Å². The Morgan fingerprint density at radius 1 is 1.03 bits per heavy atom. The smallest absolute Gasteiger partial charge is 0.223 e. The number of carbonyl (C=O) groups is 1. The van der Waals surface area contributed by atoms with E-state index in [0.717, 1.165) is 54.5 Å². The summed E-state index contributed by atoms with van der Waals surface area (Å²) in [6.45, 7) is 11.4. The summed E-state index contributed by atoms with van der Waals surface area (Å²) in [5, 5.41) is 11.8. The number of ether oxygens (including phenoxy) is 2. The largest absolute Gasteiger partial charge is 0.493 e. The van der Waals surface area contributed by atoms with Gasteiger partial charge < -0.3 is 26.0 Å². The van der Waals surface area contributed by atoms with Gasteiger partial charge in [-0.3, -0.25) is 4.79 Å². The Morgan fingerprint density at radius 3 is 2.31 bits per heavy atom. The molecule has 0 radical (unpaired) electrons. The fourth-order valence-electron chi connectivity index (χ4n) is 5.49. The number of primary amides is 1. The minimum Gasteiger partial charge on any atom is -0.493 e. The normalized spacial score (nSPS) is 15.1. The van der Waals surface area contributed by atoms with E-state index in [9.17, 15) is 9.90 Å². The average molecular weight is 541 g/mol. The molecule has 2 aromatic rings. The Hall–Kier alpha value is -2.41. The zero-order valence-corrected chi connectivity index (χ0v) is 25.0. The van der Waals surface area contributed by atoms with Crippen LogP contribution >= 0.6 is 0 Å². The highest BCUT2D eigenvalue weighted by Gasteiger charge is 2.43. The van der Waals surface area contributed by atoms with Crippen molar-refractivity contribution < 1.29 is 19.4 Å².